The lowest BCUT2D eigenvalue weighted by Crippen LogP contribution is -2.32. The van der Waals surface area contributed by atoms with Gasteiger partial charge in [0.05, 0.1) is 43.7 Å². The molecule has 0 bridgehead atoms. The monoisotopic (exact) mass is 674 g/mol. The van der Waals surface area contributed by atoms with E-state index < -0.39 is 5.91 Å². The molecule has 0 fully saturated rings. The Morgan fingerprint density at radius 2 is 1.68 bits per heavy atom. The third kappa shape index (κ3) is 6.45. The Balaban J connectivity index is 1.08. The fourth-order valence-corrected chi connectivity index (χ4v) is 6.07. The molecule has 0 atom stereocenters. The highest BCUT2D eigenvalue weighted by Gasteiger charge is 2.22. The van der Waals surface area contributed by atoms with Gasteiger partial charge in [0.25, 0.3) is 5.91 Å². The number of amides is 1. The highest BCUT2D eigenvalue weighted by atomic mass is 16.5. The van der Waals surface area contributed by atoms with Gasteiger partial charge in [-0.15, -0.1) is 15.0 Å². The number of benzene rings is 4. The normalized spacial score (nSPS) is 12.8. The molecule has 2 N–H and O–H groups in total. The van der Waals surface area contributed by atoms with Gasteiger partial charge in [0, 0.05) is 31.8 Å². The number of carbonyl (C=O) groups is 1. The number of hydrogen-bond donors (Lipinski definition) is 2. The molecule has 0 saturated carbocycles. The van der Waals surface area contributed by atoms with E-state index in [1.807, 2.05) is 36.4 Å². The first kappa shape index (κ1) is 32.3. The smallest absolute Gasteiger partial charge is 0.291 e. The molecule has 4 aromatic carbocycles. The molecule has 13 heteroatoms. The number of methoxy groups -OCH3 is 3. The molecular formula is C37H34N6O7. The van der Waals surface area contributed by atoms with Gasteiger partial charge in [-0.1, -0.05) is 24.3 Å². The van der Waals surface area contributed by atoms with Crippen LogP contribution in [-0.4, -0.2) is 70.5 Å². The number of carbonyl (C=O) groups excluding carboxylic acids is 1. The van der Waals surface area contributed by atoms with Crippen LogP contribution in [0.1, 0.15) is 27.2 Å². The van der Waals surface area contributed by atoms with Crippen LogP contribution in [-0.2, 0) is 19.4 Å². The highest BCUT2D eigenvalue weighted by molar-refractivity contribution is 6.05. The average molecular weight is 675 g/mol. The Morgan fingerprint density at radius 3 is 2.46 bits per heavy atom. The van der Waals surface area contributed by atoms with E-state index in [0.717, 1.165) is 49.7 Å². The fourth-order valence-electron chi connectivity index (χ4n) is 6.07. The van der Waals surface area contributed by atoms with Crippen molar-refractivity contribution in [1.82, 2.24) is 25.1 Å². The minimum absolute atomic E-state index is 0.156. The van der Waals surface area contributed by atoms with Crippen molar-refractivity contribution in [3.63, 3.8) is 0 Å². The van der Waals surface area contributed by atoms with Crippen molar-refractivity contribution in [3.05, 3.63) is 112 Å². The summed E-state index contributed by atoms with van der Waals surface area (Å²) in [5, 5.41) is 26.5. The molecule has 1 aliphatic rings. The molecule has 1 amide bonds. The van der Waals surface area contributed by atoms with Crippen molar-refractivity contribution in [2.45, 2.75) is 19.4 Å². The molecule has 0 unspecified atom stereocenters. The van der Waals surface area contributed by atoms with E-state index in [0.29, 0.717) is 45.2 Å². The number of tetrazole rings is 1. The molecular weight excluding hydrogens is 640 g/mol. The summed E-state index contributed by atoms with van der Waals surface area (Å²) in [5.41, 5.74) is 4.88. The average Bonchev–Trinajstić information content (AvgIpc) is 3.64. The fraction of sp³-hybridized carbons (Fsp3) is 0.216. The summed E-state index contributed by atoms with van der Waals surface area (Å²) in [5.74, 6) is 0.858. The number of phenolic OH excluding ortho intramolecular Hbond substituents is 1. The summed E-state index contributed by atoms with van der Waals surface area (Å²) in [6.07, 6.45) is 1.73. The summed E-state index contributed by atoms with van der Waals surface area (Å²) in [4.78, 5) is 29.8. The van der Waals surface area contributed by atoms with E-state index >= 15 is 0 Å². The molecule has 50 heavy (non-hydrogen) atoms. The largest absolute Gasteiger partial charge is 0.504 e. The van der Waals surface area contributed by atoms with Crippen LogP contribution in [0.15, 0.2) is 88.1 Å². The molecule has 0 saturated heterocycles. The van der Waals surface area contributed by atoms with Crippen LogP contribution in [0.3, 0.4) is 0 Å². The number of aromatic nitrogens is 4. The lowest BCUT2D eigenvalue weighted by Gasteiger charge is -2.29. The van der Waals surface area contributed by atoms with Gasteiger partial charge in [0.2, 0.25) is 5.82 Å². The number of fused-ring (bicyclic) bond motifs is 2. The van der Waals surface area contributed by atoms with Crippen LogP contribution in [0.5, 0.6) is 23.0 Å². The van der Waals surface area contributed by atoms with E-state index in [1.165, 1.54) is 24.6 Å². The quantitative estimate of drug-likeness (QED) is 0.201. The number of para-hydroxylation sites is 1. The van der Waals surface area contributed by atoms with Crippen LogP contribution in [0.2, 0.25) is 0 Å². The maximum absolute atomic E-state index is 13.4. The van der Waals surface area contributed by atoms with Gasteiger partial charge in [-0.05, 0) is 77.2 Å². The van der Waals surface area contributed by atoms with Gasteiger partial charge >= 0.3 is 0 Å². The van der Waals surface area contributed by atoms with Gasteiger partial charge < -0.3 is 29.1 Å². The Hall–Kier alpha value is -6.21. The van der Waals surface area contributed by atoms with Crippen molar-refractivity contribution in [2.75, 3.05) is 39.7 Å². The SMILES string of the molecule is COc1cc2c(cc1O)CCN(CCc1ccc(-n3nnc(-c4cc(OC)c(OC)cc4NC(=O)c4cc(=O)c5ccccc5o4)n3)cc1)C2. The van der Waals surface area contributed by atoms with Crippen LogP contribution in [0.4, 0.5) is 5.69 Å². The first-order chi connectivity index (χ1) is 24.3. The summed E-state index contributed by atoms with van der Waals surface area (Å²) in [6.45, 7) is 2.59. The van der Waals surface area contributed by atoms with Crippen molar-refractivity contribution in [2.24, 2.45) is 0 Å². The Morgan fingerprint density at radius 1 is 0.920 bits per heavy atom. The Kier molecular flexibility index (Phi) is 8.88. The van der Waals surface area contributed by atoms with E-state index in [-0.39, 0.29) is 22.8 Å². The molecule has 2 aromatic heterocycles. The van der Waals surface area contributed by atoms with Gasteiger partial charge in [-0.25, -0.2) is 0 Å². The molecule has 1 aliphatic heterocycles. The number of phenols is 1. The zero-order valence-corrected chi connectivity index (χ0v) is 27.7. The van der Waals surface area contributed by atoms with Crippen LogP contribution >= 0.6 is 0 Å². The van der Waals surface area contributed by atoms with E-state index in [2.05, 4.69) is 25.6 Å². The molecule has 0 radical (unpaired) electrons. The minimum atomic E-state index is -0.642. The number of nitrogens with one attached hydrogen (secondary N) is 1. The molecule has 0 spiro atoms. The Bertz CT molecular complexity index is 2260. The van der Waals surface area contributed by atoms with E-state index in [4.69, 9.17) is 18.6 Å². The van der Waals surface area contributed by atoms with E-state index in [1.54, 1.807) is 43.5 Å². The number of ether oxygens (including phenoxy) is 3. The van der Waals surface area contributed by atoms with Crippen LogP contribution in [0.25, 0.3) is 28.0 Å². The Labute approximate surface area is 286 Å². The number of aromatic hydroxyl groups is 1. The second-order valence-electron chi connectivity index (χ2n) is 11.8. The maximum atomic E-state index is 13.4. The van der Waals surface area contributed by atoms with Crippen LogP contribution < -0.4 is 25.0 Å². The number of anilines is 1. The third-order valence-electron chi connectivity index (χ3n) is 8.76. The molecule has 0 aliphatic carbocycles. The molecule has 13 nitrogen and oxygen atoms in total. The first-order valence-corrected chi connectivity index (χ1v) is 15.9. The highest BCUT2D eigenvalue weighted by Crippen LogP contribution is 2.38. The summed E-state index contributed by atoms with van der Waals surface area (Å²) in [7, 11) is 4.55. The molecule has 254 valence electrons. The summed E-state index contributed by atoms with van der Waals surface area (Å²) >= 11 is 0. The predicted molar refractivity (Wildman–Crippen MR) is 185 cm³/mol. The zero-order valence-electron chi connectivity index (χ0n) is 27.7. The summed E-state index contributed by atoms with van der Waals surface area (Å²) < 4.78 is 22.0. The lowest BCUT2D eigenvalue weighted by molar-refractivity contribution is 0.0997. The third-order valence-corrected chi connectivity index (χ3v) is 8.76. The molecule has 7 rings (SSSR count). The van der Waals surface area contributed by atoms with Gasteiger partial charge in [-0.2, -0.15) is 0 Å². The van der Waals surface area contributed by atoms with Crippen molar-refractivity contribution in [1.29, 1.82) is 0 Å². The van der Waals surface area contributed by atoms with Crippen molar-refractivity contribution < 1.29 is 28.5 Å². The van der Waals surface area contributed by atoms with Gasteiger partial charge in [0.1, 0.15) is 5.58 Å². The van der Waals surface area contributed by atoms with Gasteiger partial charge in [-0.3, -0.25) is 14.5 Å². The predicted octanol–water partition coefficient (Wildman–Crippen LogP) is 5.02. The topological polar surface area (TPSA) is 154 Å². The first-order valence-electron chi connectivity index (χ1n) is 15.9. The molecule has 3 heterocycles. The van der Waals surface area contributed by atoms with Crippen molar-refractivity contribution in [3.8, 4) is 40.1 Å². The van der Waals surface area contributed by atoms with Crippen molar-refractivity contribution >= 4 is 22.6 Å². The van der Waals surface area contributed by atoms with E-state index in [9.17, 15) is 14.7 Å². The second-order valence-corrected chi connectivity index (χ2v) is 11.8. The minimum Gasteiger partial charge on any atom is -0.504 e. The number of rotatable bonds is 10. The standard InChI is InChI=1S/C37H34N6O7/c1-47-32-17-24-21-42(15-13-23(24)16-30(32)45)14-12-22-8-10-25(11-9-22)43-40-36(39-41-43)27-18-33(48-2)34(49-3)19-28(27)38-37(46)35-20-29(44)26-6-4-5-7-31(26)50-35/h4-11,16-20,45H,12-15,21H2,1-3H3,(H,38,46). The van der Waals surface area contributed by atoms with Gasteiger partial charge in [0.15, 0.2) is 34.2 Å². The number of hydrogen-bond acceptors (Lipinski definition) is 11. The number of nitrogens with zero attached hydrogens (tertiary/aromatic N) is 5. The zero-order chi connectivity index (χ0) is 34.8. The summed E-state index contributed by atoms with van der Waals surface area (Å²) in [6, 6.07) is 22.8. The maximum Gasteiger partial charge on any atom is 0.291 e. The lowest BCUT2D eigenvalue weighted by atomic mass is 9.98. The van der Waals surface area contributed by atoms with Crippen LogP contribution in [0, 0.1) is 0 Å². The molecule has 6 aromatic rings. The second kappa shape index (κ2) is 13.7.